The van der Waals surface area contributed by atoms with Gasteiger partial charge in [-0.1, -0.05) is 30.3 Å². The van der Waals surface area contributed by atoms with Crippen molar-refractivity contribution in [2.45, 2.75) is 23.6 Å². The highest BCUT2D eigenvalue weighted by atomic mass is 32.2. The third-order valence-electron chi connectivity index (χ3n) is 4.03. The zero-order valence-corrected chi connectivity index (χ0v) is 16.3. The number of nitrogens with one attached hydrogen (secondary N) is 1. The number of carbonyl (C=O) groups is 1. The van der Waals surface area contributed by atoms with Crippen LogP contribution in [0.15, 0.2) is 76.0 Å². The van der Waals surface area contributed by atoms with Gasteiger partial charge in [0, 0.05) is 4.90 Å². The molecule has 0 radical (unpaired) electrons. The number of thioether (sulfide) groups is 1. The van der Waals surface area contributed by atoms with Gasteiger partial charge in [-0.05, 0) is 43.3 Å². The van der Waals surface area contributed by atoms with E-state index in [2.05, 4.69) is 10.3 Å². The average molecular weight is 395 g/mol. The van der Waals surface area contributed by atoms with Gasteiger partial charge in [0.1, 0.15) is 5.76 Å². The minimum Gasteiger partial charge on any atom is -0.457 e. The first-order chi connectivity index (χ1) is 13.2. The second-order valence-corrected chi connectivity index (χ2v) is 8.49. The lowest BCUT2D eigenvalue weighted by molar-refractivity contribution is -0.120. The maximum atomic E-state index is 12.3. The van der Waals surface area contributed by atoms with Gasteiger partial charge in [-0.3, -0.25) is 4.79 Å². The number of hydrogen-bond donors (Lipinski definition) is 1. The van der Waals surface area contributed by atoms with E-state index in [-0.39, 0.29) is 11.2 Å². The molecular weight excluding hydrogens is 376 g/mol. The number of nitrogens with zero attached hydrogens (tertiary/aromatic N) is 1. The molecule has 1 atom stereocenters. The summed E-state index contributed by atoms with van der Waals surface area (Å²) in [5.41, 5.74) is 0.968. The van der Waals surface area contributed by atoms with E-state index in [0.29, 0.717) is 6.54 Å². The van der Waals surface area contributed by atoms with Crippen LogP contribution in [0.1, 0.15) is 12.7 Å². The predicted octanol–water partition coefficient (Wildman–Crippen LogP) is 5.35. The van der Waals surface area contributed by atoms with Gasteiger partial charge in [-0.15, -0.1) is 23.1 Å². The van der Waals surface area contributed by atoms with Crippen molar-refractivity contribution in [2.24, 2.45) is 0 Å². The Balaban J connectivity index is 1.37. The van der Waals surface area contributed by atoms with Crippen LogP contribution in [-0.4, -0.2) is 16.1 Å². The van der Waals surface area contributed by atoms with E-state index in [0.717, 1.165) is 31.6 Å². The Kier molecular flexibility index (Phi) is 5.27. The Labute approximate surface area is 165 Å². The normalized spacial score (nSPS) is 12.2. The quantitative estimate of drug-likeness (QED) is 0.448. The average Bonchev–Trinajstić information content (AvgIpc) is 3.33. The van der Waals surface area contributed by atoms with Crippen molar-refractivity contribution in [1.29, 1.82) is 0 Å². The second kappa shape index (κ2) is 7.98. The maximum Gasteiger partial charge on any atom is 0.233 e. The lowest BCUT2D eigenvalue weighted by Gasteiger charge is -2.11. The first-order valence-corrected chi connectivity index (χ1v) is 10.3. The Hall–Kier alpha value is -2.57. The van der Waals surface area contributed by atoms with Crippen LogP contribution in [0.5, 0.6) is 0 Å². The molecule has 0 aliphatic rings. The van der Waals surface area contributed by atoms with Crippen LogP contribution in [-0.2, 0) is 11.3 Å². The molecule has 136 valence electrons. The first kappa shape index (κ1) is 17.8. The van der Waals surface area contributed by atoms with E-state index < -0.39 is 0 Å². The molecule has 0 aliphatic carbocycles. The maximum absolute atomic E-state index is 12.3. The van der Waals surface area contributed by atoms with Crippen LogP contribution in [0.4, 0.5) is 0 Å². The smallest absolute Gasteiger partial charge is 0.233 e. The summed E-state index contributed by atoms with van der Waals surface area (Å²) < 4.78 is 7.00. The summed E-state index contributed by atoms with van der Waals surface area (Å²) in [5.74, 6) is 1.43. The van der Waals surface area contributed by atoms with Crippen LogP contribution in [0.3, 0.4) is 0 Å². The number of para-hydroxylation sites is 1. The van der Waals surface area contributed by atoms with Crippen molar-refractivity contribution in [1.82, 2.24) is 10.3 Å². The second-order valence-electron chi connectivity index (χ2n) is 6.04. The fourth-order valence-corrected chi connectivity index (χ4v) is 4.48. The third kappa shape index (κ3) is 4.23. The molecule has 1 N–H and O–H groups in total. The number of aromatic nitrogens is 1. The van der Waals surface area contributed by atoms with Gasteiger partial charge in [0.2, 0.25) is 5.91 Å². The van der Waals surface area contributed by atoms with Crippen molar-refractivity contribution in [3.8, 4) is 10.8 Å². The highest BCUT2D eigenvalue weighted by Gasteiger charge is 2.15. The zero-order valence-electron chi connectivity index (χ0n) is 14.7. The number of fused-ring (bicyclic) bond motifs is 1. The summed E-state index contributed by atoms with van der Waals surface area (Å²) in [6.45, 7) is 2.27. The van der Waals surface area contributed by atoms with Crippen molar-refractivity contribution in [3.05, 3.63) is 72.5 Å². The van der Waals surface area contributed by atoms with E-state index in [1.54, 1.807) is 23.1 Å². The van der Waals surface area contributed by atoms with Gasteiger partial charge in [0.15, 0.2) is 10.8 Å². The van der Waals surface area contributed by atoms with Crippen LogP contribution >= 0.6 is 23.1 Å². The molecule has 4 rings (SSSR count). The topological polar surface area (TPSA) is 55.1 Å². The van der Waals surface area contributed by atoms with Crippen LogP contribution in [0.25, 0.3) is 21.0 Å². The highest BCUT2D eigenvalue weighted by Crippen LogP contribution is 2.31. The molecule has 2 heterocycles. The Morgan fingerprint density at radius 2 is 1.89 bits per heavy atom. The van der Waals surface area contributed by atoms with Crippen molar-refractivity contribution in [2.75, 3.05) is 0 Å². The Morgan fingerprint density at radius 1 is 1.11 bits per heavy atom. The SMILES string of the molecule is CC(Sc1ccccc1)C(=O)NCc1ccc(-c2nc3ccccc3s2)o1. The molecule has 6 heteroatoms. The summed E-state index contributed by atoms with van der Waals surface area (Å²) in [6.07, 6.45) is 0. The number of amides is 1. The minimum absolute atomic E-state index is 0.0122. The lowest BCUT2D eigenvalue weighted by atomic mass is 10.3. The molecule has 1 unspecified atom stereocenters. The number of rotatable bonds is 6. The van der Waals surface area contributed by atoms with Crippen molar-refractivity contribution < 1.29 is 9.21 Å². The molecule has 2 aromatic carbocycles. The van der Waals surface area contributed by atoms with Gasteiger partial charge >= 0.3 is 0 Å². The van der Waals surface area contributed by atoms with Gasteiger partial charge in [-0.25, -0.2) is 4.98 Å². The van der Waals surface area contributed by atoms with Gasteiger partial charge in [0.05, 0.1) is 22.0 Å². The highest BCUT2D eigenvalue weighted by molar-refractivity contribution is 8.00. The molecule has 0 saturated carbocycles. The van der Waals surface area contributed by atoms with E-state index in [9.17, 15) is 4.79 Å². The first-order valence-electron chi connectivity index (χ1n) is 8.63. The van der Waals surface area contributed by atoms with E-state index in [1.165, 1.54) is 0 Å². The van der Waals surface area contributed by atoms with E-state index in [4.69, 9.17) is 4.42 Å². The van der Waals surface area contributed by atoms with E-state index >= 15 is 0 Å². The van der Waals surface area contributed by atoms with Gasteiger partial charge < -0.3 is 9.73 Å². The number of thiazole rings is 1. The largest absolute Gasteiger partial charge is 0.457 e. The number of furan rings is 1. The molecule has 0 spiro atoms. The van der Waals surface area contributed by atoms with Crippen LogP contribution in [0.2, 0.25) is 0 Å². The molecule has 27 heavy (non-hydrogen) atoms. The number of hydrogen-bond acceptors (Lipinski definition) is 5. The molecule has 2 aromatic heterocycles. The summed E-state index contributed by atoms with van der Waals surface area (Å²) >= 11 is 3.14. The summed E-state index contributed by atoms with van der Waals surface area (Å²) in [5, 5.41) is 3.61. The summed E-state index contributed by atoms with van der Waals surface area (Å²) in [7, 11) is 0. The molecular formula is C21H18N2O2S2. The Bertz CT molecular complexity index is 1020. The van der Waals surface area contributed by atoms with Gasteiger partial charge in [0.25, 0.3) is 0 Å². The van der Waals surface area contributed by atoms with Crippen LogP contribution < -0.4 is 5.32 Å². The van der Waals surface area contributed by atoms with Crippen molar-refractivity contribution >= 4 is 39.2 Å². The minimum atomic E-state index is -0.175. The monoisotopic (exact) mass is 394 g/mol. The fourth-order valence-electron chi connectivity index (χ4n) is 2.64. The molecule has 0 aliphatic heterocycles. The standard InChI is InChI=1S/C21H18N2O2S2/c1-14(26-16-7-3-2-4-8-16)20(24)22-13-15-11-12-18(25-15)21-23-17-9-5-6-10-19(17)27-21/h2-12,14H,13H2,1H3,(H,22,24). The predicted molar refractivity (Wildman–Crippen MR) is 111 cm³/mol. The molecule has 4 aromatic rings. The summed E-state index contributed by atoms with van der Waals surface area (Å²) in [4.78, 5) is 18.0. The molecule has 1 amide bonds. The Morgan fingerprint density at radius 3 is 2.70 bits per heavy atom. The van der Waals surface area contributed by atoms with E-state index in [1.807, 2.05) is 73.7 Å². The molecule has 0 saturated heterocycles. The molecule has 0 bridgehead atoms. The zero-order chi connectivity index (χ0) is 18.6. The number of carbonyl (C=O) groups excluding carboxylic acids is 1. The third-order valence-corrected chi connectivity index (χ3v) is 6.19. The molecule has 4 nitrogen and oxygen atoms in total. The van der Waals surface area contributed by atoms with Gasteiger partial charge in [-0.2, -0.15) is 0 Å². The molecule has 0 fully saturated rings. The van der Waals surface area contributed by atoms with Crippen molar-refractivity contribution in [3.63, 3.8) is 0 Å². The number of benzene rings is 2. The van der Waals surface area contributed by atoms with Crippen LogP contribution in [0, 0.1) is 0 Å². The fraction of sp³-hybridized carbons (Fsp3) is 0.143. The summed E-state index contributed by atoms with van der Waals surface area (Å²) in [6, 6.07) is 21.7. The lowest BCUT2D eigenvalue weighted by Crippen LogP contribution is -2.30.